The van der Waals surface area contributed by atoms with Crippen molar-refractivity contribution < 1.29 is 4.74 Å². The minimum absolute atomic E-state index is 0.316. The molecule has 0 bridgehead atoms. The summed E-state index contributed by atoms with van der Waals surface area (Å²) in [7, 11) is 3.40. The molecule has 0 atom stereocenters. The highest BCUT2D eigenvalue weighted by Crippen LogP contribution is 2.20. The van der Waals surface area contributed by atoms with Crippen LogP contribution >= 0.6 is 0 Å². The number of aromatic nitrogens is 4. The fraction of sp³-hybridized carbons (Fsp3) is 0.316. The van der Waals surface area contributed by atoms with Crippen LogP contribution in [0.25, 0.3) is 23.3 Å². The SMILES string of the molecule is CCn1c(=O)c2c(nc(/C=C/c3ccccc3OC)n2C)n(CC)c1=O. The summed E-state index contributed by atoms with van der Waals surface area (Å²) in [5, 5.41) is 0. The van der Waals surface area contributed by atoms with Crippen LogP contribution in [0.5, 0.6) is 5.75 Å². The molecule has 0 unspecified atom stereocenters. The third kappa shape index (κ3) is 2.75. The van der Waals surface area contributed by atoms with Gasteiger partial charge in [0.05, 0.1) is 7.11 Å². The van der Waals surface area contributed by atoms with Crippen molar-refractivity contribution in [2.45, 2.75) is 26.9 Å². The van der Waals surface area contributed by atoms with E-state index in [1.54, 1.807) is 25.6 Å². The maximum Gasteiger partial charge on any atom is 0.332 e. The number of fused-ring (bicyclic) bond motifs is 1. The zero-order valence-corrected chi connectivity index (χ0v) is 15.4. The number of benzene rings is 1. The van der Waals surface area contributed by atoms with Crippen LogP contribution in [-0.2, 0) is 20.1 Å². The van der Waals surface area contributed by atoms with Crippen molar-refractivity contribution in [1.29, 1.82) is 0 Å². The molecule has 7 nitrogen and oxygen atoms in total. The molecule has 0 aliphatic heterocycles. The second-order valence-corrected chi connectivity index (χ2v) is 5.85. The van der Waals surface area contributed by atoms with Crippen LogP contribution in [0.2, 0.25) is 0 Å². The molecular formula is C19H22N4O3. The monoisotopic (exact) mass is 354 g/mol. The Bertz CT molecular complexity index is 1100. The molecule has 0 saturated heterocycles. The zero-order valence-electron chi connectivity index (χ0n) is 15.4. The van der Waals surface area contributed by atoms with Crippen molar-refractivity contribution in [3.63, 3.8) is 0 Å². The lowest BCUT2D eigenvalue weighted by Crippen LogP contribution is -2.39. The number of aryl methyl sites for hydroxylation is 2. The van der Waals surface area contributed by atoms with Crippen LogP contribution in [0.15, 0.2) is 33.9 Å². The summed E-state index contributed by atoms with van der Waals surface area (Å²) in [5.74, 6) is 1.35. The van der Waals surface area contributed by atoms with Crippen LogP contribution in [0.1, 0.15) is 25.2 Å². The number of imidazole rings is 1. The van der Waals surface area contributed by atoms with Gasteiger partial charge in [0.2, 0.25) is 0 Å². The first-order valence-corrected chi connectivity index (χ1v) is 8.54. The molecule has 0 aliphatic carbocycles. The number of methoxy groups -OCH3 is 1. The molecule has 0 saturated carbocycles. The van der Waals surface area contributed by atoms with Gasteiger partial charge in [0.15, 0.2) is 11.2 Å². The Labute approximate surface area is 150 Å². The highest BCUT2D eigenvalue weighted by atomic mass is 16.5. The van der Waals surface area contributed by atoms with Gasteiger partial charge in [0.1, 0.15) is 11.6 Å². The van der Waals surface area contributed by atoms with Crippen LogP contribution in [0, 0.1) is 0 Å². The second-order valence-electron chi connectivity index (χ2n) is 5.85. The standard InChI is InChI=1S/C19H22N4O3/c1-5-22-17-16(18(24)23(6-2)19(22)25)21(3)15(20-17)12-11-13-9-7-8-10-14(13)26-4/h7-12H,5-6H2,1-4H3/b12-11+. The van der Waals surface area contributed by atoms with Gasteiger partial charge in [0.25, 0.3) is 5.56 Å². The fourth-order valence-corrected chi connectivity index (χ4v) is 3.06. The molecule has 26 heavy (non-hydrogen) atoms. The summed E-state index contributed by atoms with van der Waals surface area (Å²) < 4.78 is 9.84. The first kappa shape index (κ1) is 17.7. The normalized spacial score (nSPS) is 11.5. The number of ether oxygens (including phenoxy) is 1. The number of hydrogen-bond acceptors (Lipinski definition) is 4. The van der Waals surface area contributed by atoms with E-state index in [0.29, 0.717) is 30.1 Å². The van der Waals surface area contributed by atoms with Crippen molar-refractivity contribution in [3.8, 4) is 5.75 Å². The maximum atomic E-state index is 12.7. The van der Waals surface area contributed by atoms with Gasteiger partial charge in [0, 0.05) is 25.7 Å². The fourth-order valence-electron chi connectivity index (χ4n) is 3.06. The minimum atomic E-state index is -0.328. The average Bonchev–Trinajstić information content (AvgIpc) is 2.97. The van der Waals surface area contributed by atoms with Gasteiger partial charge in [-0.15, -0.1) is 0 Å². The molecule has 0 amide bonds. The van der Waals surface area contributed by atoms with E-state index in [4.69, 9.17) is 4.74 Å². The van der Waals surface area contributed by atoms with Gasteiger partial charge >= 0.3 is 5.69 Å². The molecule has 0 N–H and O–H groups in total. The molecule has 136 valence electrons. The molecule has 0 aliphatic rings. The van der Waals surface area contributed by atoms with Crippen molar-refractivity contribution in [1.82, 2.24) is 18.7 Å². The third-order valence-electron chi connectivity index (χ3n) is 4.46. The average molecular weight is 354 g/mol. The molecule has 0 radical (unpaired) electrons. The van der Waals surface area contributed by atoms with Gasteiger partial charge in [-0.1, -0.05) is 18.2 Å². The summed E-state index contributed by atoms with van der Waals surface area (Å²) in [6.45, 7) is 4.42. The van der Waals surface area contributed by atoms with Crippen LogP contribution < -0.4 is 16.0 Å². The largest absolute Gasteiger partial charge is 0.496 e. The van der Waals surface area contributed by atoms with Gasteiger partial charge in [-0.25, -0.2) is 9.78 Å². The third-order valence-corrected chi connectivity index (χ3v) is 4.46. The Morgan fingerprint density at radius 2 is 1.77 bits per heavy atom. The van der Waals surface area contributed by atoms with Gasteiger partial charge < -0.3 is 9.30 Å². The maximum absolute atomic E-state index is 12.7. The second kappa shape index (κ2) is 7.03. The topological polar surface area (TPSA) is 71.1 Å². The highest BCUT2D eigenvalue weighted by Gasteiger charge is 2.17. The summed E-state index contributed by atoms with van der Waals surface area (Å²) in [4.78, 5) is 29.7. The lowest BCUT2D eigenvalue weighted by Gasteiger charge is -2.08. The van der Waals surface area contributed by atoms with Crippen molar-refractivity contribution in [2.75, 3.05) is 7.11 Å². The molecule has 7 heteroatoms. The Morgan fingerprint density at radius 3 is 2.42 bits per heavy atom. The molecular weight excluding hydrogens is 332 g/mol. The van der Waals surface area contributed by atoms with E-state index in [0.717, 1.165) is 11.3 Å². The molecule has 2 heterocycles. The minimum Gasteiger partial charge on any atom is -0.496 e. The van der Waals surface area contributed by atoms with Crippen molar-refractivity contribution in [2.24, 2.45) is 7.05 Å². The molecule has 3 aromatic rings. The Morgan fingerprint density at radius 1 is 1.08 bits per heavy atom. The van der Waals surface area contributed by atoms with E-state index in [2.05, 4.69) is 4.98 Å². The van der Waals surface area contributed by atoms with Crippen LogP contribution in [0.3, 0.4) is 0 Å². The summed E-state index contributed by atoms with van der Waals surface area (Å²) >= 11 is 0. The molecule has 3 rings (SSSR count). The number of nitrogens with zero attached hydrogens (tertiary/aromatic N) is 4. The smallest absolute Gasteiger partial charge is 0.332 e. The number of hydrogen-bond donors (Lipinski definition) is 0. The lowest BCUT2D eigenvalue weighted by molar-refractivity contribution is 0.414. The number of para-hydroxylation sites is 1. The lowest BCUT2D eigenvalue weighted by atomic mass is 10.2. The molecule has 0 fully saturated rings. The molecule has 1 aromatic carbocycles. The highest BCUT2D eigenvalue weighted by molar-refractivity contribution is 5.77. The van der Waals surface area contributed by atoms with E-state index in [-0.39, 0.29) is 11.2 Å². The van der Waals surface area contributed by atoms with Crippen LogP contribution in [-0.4, -0.2) is 25.8 Å². The Hall–Kier alpha value is -3.09. The van der Waals surface area contributed by atoms with Gasteiger partial charge in [-0.3, -0.25) is 13.9 Å². The van der Waals surface area contributed by atoms with E-state index < -0.39 is 0 Å². The van der Waals surface area contributed by atoms with E-state index >= 15 is 0 Å². The predicted molar refractivity (Wildman–Crippen MR) is 103 cm³/mol. The van der Waals surface area contributed by atoms with Gasteiger partial charge in [-0.2, -0.15) is 0 Å². The van der Waals surface area contributed by atoms with E-state index in [9.17, 15) is 9.59 Å². The van der Waals surface area contributed by atoms with E-state index in [1.807, 2.05) is 43.3 Å². The molecule has 2 aromatic heterocycles. The molecule has 0 spiro atoms. The Balaban J connectivity index is 2.22. The van der Waals surface area contributed by atoms with Crippen molar-refractivity contribution in [3.05, 3.63) is 56.5 Å². The summed E-state index contributed by atoms with van der Waals surface area (Å²) in [6.07, 6.45) is 3.70. The Kier molecular flexibility index (Phi) is 4.79. The zero-order chi connectivity index (χ0) is 18.8. The first-order chi connectivity index (χ1) is 12.5. The quantitative estimate of drug-likeness (QED) is 0.704. The van der Waals surface area contributed by atoms with Crippen LogP contribution in [0.4, 0.5) is 0 Å². The summed E-state index contributed by atoms with van der Waals surface area (Å²) in [6, 6.07) is 7.64. The predicted octanol–water partition coefficient (Wildman–Crippen LogP) is 2.12. The first-order valence-electron chi connectivity index (χ1n) is 8.54. The van der Waals surface area contributed by atoms with Gasteiger partial charge in [-0.05, 0) is 32.1 Å². The summed E-state index contributed by atoms with van der Waals surface area (Å²) in [5.41, 5.74) is 1.10. The van der Waals surface area contributed by atoms with Crippen molar-refractivity contribution >= 4 is 23.3 Å². The number of rotatable bonds is 5. The van der Waals surface area contributed by atoms with E-state index in [1.165, 1.54) is 9.13 Å².